The van der Waals surface area contributed by atoms with Crippen LogP contribution in [0.3, 0.4) is 0 Å². The second-order valence-electron chi connectivity index (χ2n) is 4.38. The summed E-state index contributed by atoms with van der Waals surface area (Å²) in [6, 6.07) is 11.2. The molecule has 14 heavy (non-hydrogen) atoms. The van der Waals surface area contributed by atoms with Gasteiger partial charge in [-0.3, -0.25) is 0 Å². The lowest BCUT2D eigenvalue weighted by Crippen LogP contribution is -2.30. The molecule has 0 spiro atoms. The summed E-state index contributed by atoms with van der Waals surface area (Å²) in [5.74, 6) is 0.823. The Morgan fingerprint density at radius 1 is 1.07 bits per heavy atom. The van der Waals surface area contributed by atoms with Crippen LogP contribution in [0, 0.1) is 5.92 Å². The van der Waals surface area contributed by atoms with Gasteiger partial charge < -0.3 is 5.32 Å². The Morgan fingerprint density at radius 3 is 2.50 bits per heavy atom. The predicted molar refractivity (Wildman–Crippen MR) is 61.5 cm³/mol. The van der Waals surface area contributed by atoms with Gasteiger partial charge in [-0.05, 0) is 30.9 Å². The van der Waals surface area contributed by atoms with E-state index in [0.717, 1.165) is 5.92 Å². The fraction of sp³-hybridized carbons (Fsp3) is 0.538. The van der Waals surface area contributed by atoms with Crippen molar-refractivity contribution in [2.24, 2.45) is 5.92 Å². The number of nitrogens with one attached hydrogen (secondary N) is 1. The van der Waals surface area contributed by atoms with Gasteiger partial charge in [0, 0.05) is 11.7 Å². The Kier molecular flexibility index (Phi) is 3.07. The third kappa shape index (κ3) is 2.28. The average molecular weight is 189 g/mol. The molecule has 1 aromatic rings. The van der Waals surface area contributed by atoms with Crippen LogP contribution in [0.1, 0.15) is 32.6 Å². The fourth-order valence-corrected chi connectivity index (χ4v) is 2.28. The minimum Gasteiger partial charge on any atom is -0.382 e. The monoisotopic (exact) mass is 189 g/mol. The molecule has 2 rings (SSSR count). The molecule has 76 valence electrons. The van der Waals surface area contributed by atoms with Crippen LogP contribution in [-0.2, 0) is 0 Å². The maximum atomic E-state index is 3.63. The zero-order chi connectivity index (χ0) is 9.80. The first kappa shape index (κ1) is 9.57. The van der Waals surface area contributed by atoms with Gasteiger partial charge in [-0.1, -0.05) is 38.0 Å². The minimum atomic E-state index is 0.686. The number of benzene rings is 1. The molecule has 2 atom stereocenters. The lowest BCUT2D eigenvalue weighted by Gasteiger charge is -2.30. The molecule has 0 saturated heterocycles. The Morgan fingerprint density at radius 2 is 1.79 bits per heavy atom. The molecule has 1 aliphatic rings. The molecule has 0 heterocycles. The van der Waals surface area contributed by atoms with Crippen molar-refractivity contribution in [2.75, 3.05) is 5.32 Å². The summed E-state index contributed by atoms with van der Waals surface area (Å²) in [7, 11) is 0. The second-order valence-corrected chi connectivity index (χ2v) is 4.38. The Balaban J connectivity index is 1.96. The average Bonchev–Trinajstić information content (AvgIpc) is 2.23. The van der Waals surface area contributed by atoms with Crippen molar-refractivity contribution in [3.8, 4) is 0 Å². The van der Waals surface area contributed by atoms with E-state index in [0.29, 0.717) is 6.04 Å². The molecule has 1 saturated carbocycles. The molecule has 0 aliphatic heterocycles. The molecule has 0 amide bonds. The molecule has 0 radical (unpaired) electrons. The van der Waals surface area contributed by atoms with Crippen molar-refractivity contribution in [1.29, 1.82) is 0 Å². The van der Waals surface area contributed by atoms with Crippen LogP contribution in [-0.4, -0.2) is 6.04 Å². The molecular formula is C13H19N. The molecule has 1 aromatic carbocycles. The van der Waals surface area contributed by atoms with Crippen LogP contribution in [0.25, 0.3) is 0 Å². The number of anilines is 1. The summed E-state index contributed by atoms with van der Waals surface area (Å²) < 4.78 is 0. The van der Waals surface area contributed by atoms with E-state index in [-0.39, 0.29) is 0 Å². The van der Waals surface area contributed by atoms with Crippen LogP contribution in [0.4, 0.5) is 5.69 Å². The summed E-state index contributed by atoms with van der Waals surface area (Å²) in [5, 5.41) is 3.63. The van der Waals surface area contributed by atoms with Crippen molar-refractivity contribution < 1.29 is 0 Å². The lowest BCUT2D eigenvalue weighted by molar-refractivity contribution is 0.349. The van der Waals surface area contributed by atoms with Gasteiger partial charge in [0.15, 0.2) is 0 Å². The molecule has 0 unspecified atom stereocenters. The normalized spacial score (nSPS) is 27.2. The zero-order valence-electron chi connectivity index (χ0n) is 8.87. The number of hydrogen-bond acceptors (Lipinski definition) is 1. The van der Waals surface area contributed by atoms with E-state index in [9.17, 15) is 0 Å². The van der Waals surface area contributed by atoms with Gasteiger partial charge in [-0.2, -0.15) is 0 Å². The van der Waals surface area contributed by atoms with E-state index in [1.807, 2.05) is 0 Å². The molecule has 1 fully saturated rings. The van der Waals surface area contributed by atoms with Crippen LogP contribution >= 0.6 is 0 Å². The number of para-hydroxylation sites is 1. The topological polar surface area (TPSA) is 12.0 Å². The molecule has 1 heteroatoms. The second kappa shape index (κ2) is 4.50. The Labute approximate surface area is 86.5 Å². The summed E-state index contributed by atoms with van der Waals surface area (Å²) in [6.45, 7) is 2.36. The molecule has 1 nitrogen and oxygen atoms in total. The number of hydrogen-bond donors (Lipinski definition) is 1. The highest BCUT2D eigenvalue weighted by molar-refractivity contribution is 5.43. The molecule has 0 bridgehead atoms. The predicted octanol–water partition coefficient (Wildman–Crippen LogP) is 3.68. The fourth-order valence-electron chi connectivity index (χ4n) is 2.28. The number of rotatable bonds is 2. The van der Waals surface area contributed by atoms with Crippen molar-refractivity contribution in [3.63, 3.8) is 0 Å². The maximum Gasteiger partial charge on any atom is 0.0342 e. The quantitative estimate of drug-likeness (QED) is 0.748. The largest absolute Gasteiger partial charge is 0.382 e. The van der Waals surface area contributed by atoms with Gasteiger partial charge in [0.2, 0.25) is 0 Å². The molecule has 1 N–H and O–H groups in total. The van der Waals surface area contributed by atoms with E-state index in [4.69, 9.17) is 0 Å². The Bertz CT molecular complexity index is 268. The zero-order valence-corrected chi connectivity index (χ0v) is 8.87. The van der Waals surface area contributed by atoms with Gasteiger partial charge >= 0.3 is 0 Å². The first-order valence-corrected chi connectivity index (χ1v) is 5.68. The highest BCUT2D eigenvalue weighted by Gasteiger charge is 2.20. The van der Waals surface area contributed by atoms with E-state index in [1.165, 1.54) is 31.4 Å². The standard InChI is InChI=1S/C13H19N/c1-11-7-5-6-10-13(11)14-12-8-3-2-4-9-12/h2-4,8-9,11,13-14H,5-7,10H2,1H3/t11-,13-/m0/s1. The third-order valence-corrected chi connectivity index (χ3v) is 3.24. The van der Waals surface area contributed by atoms with Crippen LogP contribution in [0.2, 0.25) is 0 Å². The van der Waals surface area contributed by atoms with Gasteiger partial charge in [0.1, 0.15) is 0 Å². The van der Waals surface area contributed by atoms with Crippen LogP contribution in [0.15, 0.2) is 30.3 Å². The van der Waals surface area contributed by atoms with E-state index >= 15 is 0 Å². The molecular weight excluding hydrogens is 170 g/mol. The first-order chi connectivity index (χ1) is 6.86. The molecule has 1 aliphatic carbocycles. The Hall–Kier alpha value is -0.980. The summed E-state index contributed by atoms with van der Waals surface area (Å²) >= 11 is 0. The van der Waals surface area contributed by atoms with E-state index < -0.39 is 0 Å². The minimum absolute atomic E-state index is 0.686. The van der Waals surface area contributed by atoms with Crippen LogP contribution in [0.5, 0.6) is 0 Å². The maximum absolute atomic E-state index is 3.63. The first-order valence-electron chi connectivity index (χ1n) is 5.68. The molecule has 0 aromatic heterocycles. The highest BCUT2D eigenvalue weighted by atomic mass is 14.9. The SMILES string of the molecule is C[C@H]1CCCC[C@@H]1Nc1ccccc1. The third-order valence-electron chi connectivity index (χ3n) is 3.24. The summed E-state index contributed by atoms with van der Waals surface area (Å²) in [4.78, 5) is 0. The van der Waals surface area contributed by atoms with Gasteiger partial charge in [-0.25, -0.2) is 0 Å². The van der Waals surface area contributed by atoms with E-state index in [1.54, 1.807) is 0 Å². The lowest BCUT2D eigenvalue weighted by atomic mass is 9.86. The van der Waals surface area contributed by atoms with Gasteiger partial charge in [0.05, 0.1) is 0 Å². The summed E-state index contributed by atoms with van der Waals surface area (Å²) in [6.07, 6.45) is 5.50. The van der Waals surface area contributed by atoms with Crippen molar-refractivity contribution >= 4 is 5.69 Å². The van der Waals surface area contributed by atoms with E-state index in [2.05, 4.69) is 42.6 Å². The van der Waals surface area contributed by atoms with Crippen molar-refractivity contribution in [3.05, 3.63) is 30.3 Å². The highest BCUT2D eigenvalue weighted by Crippen LogP contribution is 2.26. The van der Waals surface area contributed by atoms with Gasteiger partial charge in [0.25, 0.3) is 0 Å². The van der Waals surface area contributed by atoms with Crippen molar-refractivity contribution in [2.45, 2.75) is 38.6 Å². The van der Waals surface area contributed by atoms with Crippen LogP contribution < -0.4 is 5.32 Å². The summed E-state index contributed by atoms with van der Waals surface area (Å²) in [5.41, 5.74) is 1.27. The van der Waals surface area contributed by atoms with Gasteiger partial charge in [-0.15, -0.1) is 0 Å². The van der Waals surface area contributed by atoms with Crippen molar-refractivity contribution in [1.82, 2.24) is 0 Å². The smallest absolute Gasteiger partial charge is 0.0342 e.